The van der Waals surface area contributed by atoms with Crippen LogP contribution in [0.5, 0.6) is 0 Å². The zero-order chi connectivity index (χ0) is 17.2. The highest BCUT2D eigenvalue weighted by Gasteiger charge is 2.02. The predicted octanol–water partition coefficient (Wildman–Crippen LogP) is 5.03. The molecule has 0 spiro atoms. The van der Waals surface area contributed by atoms with E-state index in [-0.39, 0.29) is 5.91 Å². The number of allylic oxidation sites excluding steroid dienone is 6. The van der Waals surface area contributed by atoms with Crippen molar-refractivity contribution in [2.75, 3.05) is 0 Å². The highest BCUT2D eigenvalue weighted by Crippen LogP contribution is 2.08. The lowest BCUT2D eigenvalue weighted by Crippen LogP contribution is -2.31. The van der Waals surface area contributed by atoms with E-state index in [4.69, 9.17) is 5.11 Å². The minimum absolute atomic E-state index is 0.0545. The molecule has 3 nitrogen and oxygen atoms in total. The van der Waals surface area contributed by atoms with Crippen LogP contribution in [0.4, 0.5) is 0 Å². The standard InChI is InChI=1S/C20H35NO2/c1-3-4-5-6-7-8-9-10-11-12-13-14-15-16-17-18-20(23)21-19(2)22/h4-5,7-8,10-11,19,22H,3,6,9,12-18H2,1-2H3,(H,21,23)/b5-4+,8-7+,11-10+. The zero-order valence-corrected chi connectivity index (χ0v) is 15.0. The fraction of sp³-hybridized carbons (Fsp3) is 0.650. The number of hydrogen-bond acceptors (Lipinski definition) is 2. The van der Waals surface area contributed by atoms with Gasteiger partial charge in [0.05, 0.1) is 0 Å². The first-order valence-electron chi connectivity index (χ1n) is 9.09. The number of aliphatic hydroxyl groups is 1. The number of hydrogen-bond donors (Lipinski definition) is 2. The molecule has 0 aromatic carbocycles. The molecule has 0 radical (unpaired) electrons. The number of nitrogens with one attached hydrogen (secondary N) is 1. The Morgan fingerprint density at radius 1 is 0.913 bits per heavy atom. The number of unbranched alkanes of at least 4 members (excludes halogenated alkanes) is 5. The molecule has 0 aromatic heterocycles. The van der Waals surface area contributed by atoms with E-state index in [9.17, 15) is 4.79 Å². The Morgan fingerprint density at radius 3 is 2.13 bits per heavy atom. The number of carbonyl (C=O) groups is 1. The topological polar surface area (TPSA) is 49.3 Å². The van der Waals surface area contributed by atoms with Crippen molar-refractivity contribution in [3.05, 3.63) is 36.5 Å². The van der Waals surface area contributed by atoms with E-state index in [1.165, 1.54) is 19.3 Å². The summed E-state index contributed by atoms with van der Waals surface area (Å²) in [5.74, 6) is -0.0545. The van der Waals surface area contributed by atoms with Gasteiger partial charge in [0, 0.05) is 6.42 Å². The minimum Gasteiger partial charge on any atom is -0.374 e. The summed E-state index contributed by atoms with van der Waals surface area (Å²) in [7, 11) is 0. The van der Waals surface area contributed by atoms with Gasteiger partial charge in [-0.1, -0.05) is 62.6 Å². The molecule has 1 atom stereocenters. The summed E-state index contributed by atoms with van der Waals surface area (Å²) >= 11 is 0. The molecular weight excluding hydrogens is 286 g/mol. The summed E-state index contributed by atoms with van der Waals surface area (Å²) in [4.78, 5) is 11.3. The van der Waals surface area contributed by atoms with Crippen molar-refractivity contribution >= 4 is 5.91 Å². The van der Waals surface area contributed by atoms with E-state index in [1.807, 2.05) is 0 Å². The Kier molecular flexibility index (Phi) is 16.0. The Hall–Kier alpha value is -1.35. The molecule has 1 unspecified atom stereocenters. The fourth-order valence-corrected chi connectivity index (χ4v) is 2.21. The van der Waals surface area contributed by atoms with Gasteiger partial charge in [-0.05, 0) is 45.4 Å². The molecule has 132 valence electrons. The van der Waals surface area contributed by atoms with Gasteiger partial charge in [0.15, 0.2) is 0 Å². The molecule has 23 heavy (non-hydrogen) atoms. The second-order valence-corrected chi connectivity index (χ2v) is 5.84. The van der Waals surface area contributed by atoms with Crippen molar-refractivity contribution in [1.82, 2.24) is 5.32 Å². The maximum atomic E-state index is 11.3. The van der Waals surface area contributed by atoms with E-state index in [0.29, 0.717) is 6.42 Å². The highest BCUT2D eigenvalue weighted by molar-refractivity contribution is 5.75. The summed E-state index contributed by atoms with van der Waals surface area (Å²) in [6, 6.07) is 0. The Labute approximate surface area is 142 Å². The molecule has 0 aliphatic rings. The minimum atomic E-state index is -0.739. The largest absolute Gasteiger partial charge is 0.374 e. The third-order valence-corrected chi connectivity index (χ3v) is 3.42. The monoisotopic (exact) mass is 321 g/mol. The molecule has 0 bridgehead atoms. The first kappa shape index (κ1) is 21.6. The van der Waals surface area contributed by atoms with Crippen molar-refractivity contribution in [3.63, 3.8) is 0 Å². The Balaban J connectivity index is 3.31. The van der Waals surface area contributed by atoms with Crippen LogP contribution in [-0.4, -0.2) is 17.2 Å². The van der Waals surface area contributed by atoms with Gasteiger partial charge in [0.25, 0.3) is 0 Å². The van der Waals surface area contributed by atoms with Crippen LogP contribution in [0.2, 0.25) is 0 Å². The van der Waals surface area contributed by atoms with Crippen LogP contribution in [0.1, 0.15) is 78.1 Å². The maximum Gasteiger partial charge on any atom is 0.221 e. The van der Waals surface area contributed by atoms with Gasteiger partial charge >= 0.3 is 0 Å². The molecule has 0 fully saturated rings. The van der Waals surface area contributed by atoms with Crippen molar-refractivity contribution in [1.29, 1.82) is 0 Å². The first-order valence-corrected chi connectivity index (χ1v) is 9.09. The lowest BCUT2D eigenvalue weighted by molar-refractivity contribution is -0.123. The lowest BCUT2D eigenvalue weighted by atomic mass is 10.1. The average molecular weight is 322 g/mol. The summed E-state index contributed by atoms with van der Waals surface area (Å²) in [6.45, 7) is 3.71. The molecule has 3 heteroatoms. The van der Waals surface area contributed by atoms with Gasteiger partial charge < -0.3 is 10.4 Å². The van der Waals surface area contributed by atoms with Crippen molar-refractivity contribution in [2.24, 2.45) is 0 Å². The molecule has 0 saturated heterocycles. The van der Waals surface area contributed by atoms with Crippen molar-refractivity contribution in [2.45, 2.75) is 84.3 Å². The van der Waals surface area contributed by atoms with Gasteiger partial charge in [0.1, 0.15) is 6.23 Å². The van der Waals surface area contributed by atoms with Crippen LogP contribution in [0.25, 0.3) is 0 Å². The van der Waals surface area contributed by atoms with Crippen molar-refractivity contribution < 1.29 is 9.90 Å². The normalized spacial score (nSPS) is 13.3. The van der Waals surface area contributed by atoms with Crippen LogP contribution >= 0.6 is 0 Å². The Morgan fingerprint density at radius 2 is 1.48 bits per heavy atom. The molecule has 1 amide bonds. The summed E-state index contributed by atoms with van der Waals surface area (Å²) < 4.78 is 0. The summed E-state index contributed by atoms with van der Waals surface area (Å²) in [5, 5.41) is 11.5. The maximum absolute atomic E-state index is 11.3. The lowest BCUT2D eigenvalue weighted by Gasteiger charge is -2.06. The van der Waals surface area contributed by atoms with E-state index < -0.39 is 6.23 Å². The van der Waals surface area contributed by atoms with Gasteiger partial charge in [0.2, 0.25) is 5.91 Å². The second kappa shape index (κ2) is 17.0. The molecular formula is C20H35NO2. The average Bonchev–Trinajstić information content (AvgIpc) is 2.50. The quantitative estimate of drug-likeness (QED) is 0.268. The molecule has 0 aromatic rings. The molecule has 0 aliphatic carbocycles. The molecule has 0 saturated carbocycles. The number of carbonyl (C=O) groups excluding carboxylic acids is 1. The molecule has 0 heterocycles. The number of amides is 1. The van der Waals surface area contributed by atoms with Crippen LogP contribution in [0.3, 0.4) is 0 Å². The fourth-order valence-electron chi connectivity index (χ4n) is 2.21. The van der Waals surface area contributed by atoms with Crippen LogP contribution in [0.15, 0.2) is 36.5 Å². The van der Waals surface area contributed by atoms with E-state index >= 15 is 0 Å². The van der Waals surface area contributed by atoms with Crippen LogP contribution in [0, 0.1) is 0 Å². The summed E-state index contributed by atoms with van der Waals surface area (Å²) in [6.07, 6.45) is 23.1. The highest BCUT2D eigenvalue weighted by atomic mass is 16.3. The predicted molar refractivity (Wildman–Crippen MR) is 99.1 cm³/mol. The van der Waals surface area contributed by atoms with E-state index in [0.717, 1.165) is 38.5 Å². The molecule has 2 N–H and O–H groups in total. The summed E-state index contributed by atoms with van der Waals surface area (Å²) in [5.41, 5.74) is 0. The van der Waals surface area contributed by atoms with Gasteiger partial charge in [-0.15, -0.1) is 0 Å². The van der Waals surface area contributed by atoms with Gasteiger partial charge in [-0.25, -0.2) is 0 Å². The zero-order valence-electron chi connectivity index (χ0n) is 15.0. The molecule has 0 rings (SSSR count). The number of rotatable bonds is 14. The molecule has 0 aliphatic heterocycles. The third kappa shape index (κ3) is 18.6. The van der Waals surface area contributed by atoms with Gasteiger partial charge in [-0.2, -0.15) is 0 Å². The third-order valence-electron chi connectivity index (χ3n) is 3.42. The second-order valence-electron chi connectivity index (χ2n) is 5.84. The Bertz CT molecular complexity index is 357. The van der Waals surface area contributed by atoms with Crippen molar-refractivity contribution in [3.8, 4) is 0 Å². The first-order chi connectivity index (χ1) is 11.2. The van der Waals surface area contributed by atoms with Crippen LogP contribution in [-0.2, 0) is 4.79 Å². The van der Waals surface area contributed by atoms with E-state index in [2.05, 4.69) is 48.7 Å². The van der Waals surface area contributed by atoms with Gasteiger partial charge in [-0.3, -0.25) is 4.79 Å². The number of aliphatic hydroxyl groups excluding tert-OH is 1. The SMILES string of the molecule is CC/C=C/C/C=C/C/C=C/CCCCCCCC(=O)NC(C)O. The van der Waals surface area contributed by atoms with Crippen LogP contribution < -0.4 is 5.32 Å². The van der Waals surface area contributed by atoms with E-state index in [1.54, 1.807) is 6.92 Å². The smallest absolute Gasteiger partial charge is 0.221 e.